The van der Waals surface area contributed by atoms with Crippen LogP contribution in [-0.2, 0) is 0 Å². The zero-order chi connectivity index (χ0) is 10.7. The van der Waals surface area contributed by atoms with Crippen molar-refractivity contribution in [3.8, 4) is 0 Å². The third-order valence-electron chi connectivity index (χ3n) is 1.64. The lowest BCUT2D eigenvalue weighted by molar-refractivity contribution is -0.491. The normalized spacial score (nSPS) is 12.5. The molecule has 0 saturated carbocycles. The van der Waals surface area contributed by atoms with Crippen LogP contribution >= 0.6 is 11.6 Å². The Morgan fingerprint density at radius 3 is 2.79 bits per heavy atom. The SMILES string of the molecule is O=[N+]([O-])C[C@H](O)c1ccc(F)cc1Cl. The summed E-state index contributed by atoms with van der Waals surface area (Å²) in [5, 5.41) is 19.4. The fourth-order valence-corrected chi connectivity index (χ4v) is 1.30. The summed E-state index contributed by atoms with van der Waals surface area (Å²) in [7, 11) is 0. The highest BCUT2D eigenvalue weighted by Gasteiger charge is 2.17. The number of hydrogen-bond donors (Lipinski definition) is 1. The van der Waals surface area contributed by atoms with Crippen LogP contribution in [0, 0.1) is 15.9 Å². The Kier molecular flexibility index (Phi) is 3.38. The maximum atomic E-state index is 12.6. The predicted molar refractivity (Wildman–Crippen MR) is 48.2 cm³/mol. The zero-order valence-corrected chi connectivity index (χ0v) is 7.74. The fraction of sp³-hybridized carbons (Fsp3) is 0.250. The fourth-order valence-electron chi connectivity index (χ4n) is 1.01. The van der Waals surface area contributed by atoms with E-state index in [-0.39, 0.29) is 10.6 Å². The van der Waals surface area contributed by atoms with Crippen LogP contribution in [0.1, 0.15) is 11.7 Å². The first-order valence-corrected chi connectivity index (χ1v) is 4.13. The predicted octanol–water partition coefficient (Wildman–Crippen LogP) is 1.79. The molecule has 4 nitrogen and oxygen atoms in total. The molecule has 0 aliphatic heterocycles. The first-order valence-electron chi connectivity index (χ1n) is 3.75. The van der Waals surface area contributed by atoms with Gasteiger partial charge in [0.1, 0.15) is 11.9 Å². The van der Waals surface area contributed by atoms with Crippen molar-refractivity contribution < 1.29 is 14.4 Å². The number of nitro groups is 1. The van der Waals surface area contributed by atoms with Crippen molar-refractivity contribution in [1.82, 2.24) is 0 Å². The summed E-state index contributed by atoms with van der Waals surface area (Å²) >= 11 is 5.59. The van der Waals surface area contributed by atoms with E-state index in [0.717, 1.165) is 12.1 Å². The number of nitrogens with zero attached hydrogens (tertiary/aromatic N) is 1. The molecular formula is C8H7ClFNO3. The van der Waals surface area contributed by atoms with Gasteiger partial charge in [-0.3, -0.25) is 10.1 Å². The topological polar surface area (TPSA) is 63.4 Å². The van der Waals surface area contributed by atoms with Crippen molar-refractivity contribution in [2.45, 2.75) is 6.10 Å². The first-order chi connectivity index (χ1) is 6.50. The average Bonchev–Trinajstić information content (AvgIpc) is 2.01. The van der Waals surface area contributed by atoms with E-state index in [1.165, 1.54) is 6.07 Å². The van der Waals surface area contributed by atoms with Gasteiger partial charge < -0.3 is 5.11 Å². The molecule has 1 rings (SSSR count). The Morgan fingerprint density at radius 2 is 2.29 bits per heavy atom. The first kappa shape index (κ1) is 10.9. The van der Waals surface area contributed by atoms with Crippen LogP contribution in [0.5, 0.6) is 0 Å². The third-order valence-corrected chi connectivity index (χ3v) is 1.97. The lowest BCUT2D eigenvalue weighted by Gasteiger charge is -2.07. The molecule has 1 N–H and O–H groups in total. The van der Waals surface area contributed by atoms with Gasteiger partial charge in [-0.05, 0) is 12.1 Å². The van der Waals surface area contributed by atoms with Gasteiger partial charge in [-0.15, -0.1) is 0 Å². The van der Waals surface area contributed by atoms with Crippen molar-refractivity contribution in [3.63, 3.8) is 0 Å². The molecule has 1 atom stereocenters. The van der Waals surface area contributed by atoms with E-state index in [9.17, 15) is 19.6 Å². The van der Waals surface area contributed by atoms with E-state index in [0.29, 0.717) is 0 Å². The molecule has 1 aromatic rings. The molecule has 0 amide bonds. The average molecular weight is 220 g/mol. The van der Waals surface area contributed by atoms with Crippen LogP contribution in [0.3, 0.4) is 0 Å². The van der Waals surface area contributed by atoms with Gasteiger partial charge in [0, 0.05) is 15.5 Å². The lowest BCUT2D eigenvalue weighted by atomic mass is 10.1. The summed E-state index contributed by atoms with van der Waals surface area (Å²) in [5.41, 5.74) is 0.157. The molecule has 1 aromatic carbocycles. The highest BCUT2D eigenvalue weighted by molar-refractivity contribution is 6.31. The second-order valence-corrected chi connectivity index (χ2v) is 3.10. The van der Waals surface area contributed by atoms with E-state index < -0.39 is 23.4 Å². The number of aliphatic hydroxyl groups is 1. The molecule has 0 bridgehead atoms. The van der Waals surface area contributed by atoms with Gasteiger partial charge in [-0.2, -0.15) is 0 Å². The van der Waals surface area contributed by atoms with Crippen LogP contribution in [0.15, 0.2) is 18.2 Å². The summed E-state index contributed by atoms with van der Waals surface area (Å²) in [5.74, 6) is -0.549. The maximum Gasteiger partial charge on any atom is 0.233 e. The number of benzene rings is 1. The summed E-state index contributed by atoms with van der Waals surface area (Å²) in [6.45, 7) is -0.647. The highest BCUT2D eigenvalue weighted by Crippen LogP contribution is 2.23. The molecule has 0 radical (unpaired) electrons. The van der Waals surface area contributed by atoms with Crippen molar-refractivity contribution in [3.05, 3.63) is 44.7 Å². The lowest BCUT2D eigenvalue weighted by Crippen LogP contribution is -2.12. The molecule has 6 heteroatoms. The smallest absolute Gasteiger partial charge is 0.233 e. The Balaban J connectivity index is 2.90. The third kappa shape index (κ3) is 2.65. The van der Waals surface area contributed by atoms with E-state index in [1.807, 2.05) is 0 Å². The molecule has 0 unspecified atom stereocenters. The zero-order valence-electron chi connectivity index (χ0n) is 6.98. The molecule has 14 heavy (non-hydrogen) atoms. The minimum atomic E-state index is -1.31. The number of aliphatic hydroxyl groups excluding tert-OH is 1. The number of hydrogen-bond acceptors (Lipinski definition) is 3. The van der Waals surface area contributed by atoms with Crippen molar-refractivity contribution in [2.24, 2.45) is 0 Å². The number of rotatable bonds is 3. The van der Waals surface area contributed by atoms with Gasteiger partial charge in [0.2, 0.25) is 6.54 Å². The van der Waals surface area contributed by atoms with Gasteiger partial charge >= 0.3 is 0 Å². The minimum absolute atomic E-state index is 0.0145. The van der Waals surface area contributed by atoms with Crippen LogP contribution in [0.4, 0.5) is 4.39 Å². The van der Waals surface area contributed by atoms with E-state index in [4.69, 9.17) is 11.6 Å². The van der Waals surface area contributed by atoms with E-state index >= 15 is 0 Å². The summed E-state index contributed by atoms with van der Waals surface area (Å²) in [6.07, 6.45) is -1.31. The standard InChI is InChI=1S/C8H7ClFNO3/c9-7-3-5(10)1-2-6(7)8(12)4-11(13)14/h1-3,8,12H,4H2/t8-/m0/s1. The van der Waals surface area contributed by atoms with Crippen LogP contribution in [0.2, 0.25) is 5.02 Å². The minimum Gasteiger partial charge on any atom is -0.381 e. The van der Waals surface area contributed by atoms with Crippen LogP contribution in [-0.4, -0.2) is 16.6 Å². The number of halogens is 2. The molecule has 0 aliphatic carbocycles. The summed E-state index contributed by atoms with van der Waals surface area (Å²) in [4.78, 5) is 9.43. The molecule has 0 aliphatic rings. The van der Waals surface area contributed by atoms with Gasteiger partial charge in [0.15, 0.2) is 0 Å². The monoisotopic (exact) mass is 219 g/mol. The van der Waals surface area contributed by atoms with Gasteiger partial charge in [-0.25, -0.2) is 4.39 Å². The Bertz CT molecular complexity index is 358. The Morgan fingerprint density at radius 1 is 1.64 bits per heavy atom. The van der Waals surface area contributed by atoms with Crippen molar-refractivity contribution in [2.75, 3.05) is 6.54 Å². The molecule has 0 aromatic heterocycles. The Labute approximate surface area is 84.1 Å². The summed E-state index contributed by atoms with van der Waals surface area (Å²) < 4.78 is 12.6. The second-order valence-electron chi connectivity index (χ2n) is 2.70. The molecule has 0 spiro atoms. The maximum absolute atomic E-state index is 12.6. The second kappa shape index (κ2) is 4.34. The molecule has 0 fully saturated rings. The molecule has 76 valence electrons. The Hall–Kier alpha value is -1.20. The van der Waals surface area contributed by atoms with Crippen molar-refractivity contribution in [1.29, 1.82) is 0 Å². The van der Waals surface area contributed by atoms with E-state index in [1.54, 1.807) is 0 Å². The van der Waals surface area contributed by atoms with Crippen molar-refractivity contribution >= 4 is 11.6 Å². The molecule has 0 saturated heterocycles. The quantitative estimate of drug-likeness (QED) is 0.623. The van der Waals surface area contributed by atoms with Gasteiger partial charge in [-0.1, -0.05) is 17.7 Å². The van der Waals surface area contributed by atoms with E-state index in [2.05, 4.69) is 0 Å². The van der Waals surface area contributed by atoms with Crippen LogP contribution in [0.25, 0.3) is 0 Å². The molecule has 0 heterocycles. The van der Waals surface area contributed by atoms with Gasteiger partial charge in [0.05, 0.1) is 0 Å². The largest absolute Gasteiger partial charge is 0.381 e. The highest BCUT2D eigenvalue weighted by atomic mass is 35.5. The van der Waals surface area contributed by atoms with Gasteiger partial charge in [0.25, 0.3) is 0 Å². The summed E-state index contributed by atoms with van der Waals surface area (Å²) in [6, 6.07) is 3.32. The van der Waals surface area contributed by atoms with Crippen LogP contribution < -0.4 is 0 Å². The molecular weight excluding hydrogens is 213 g/mol.